The number of rotatable bonds is 4. The molecular formula is C31H49O3P. The largest absolute Gasteiger partial charge is 0.328 e. The highest BCUT2D eigenvalue weighted by molar-refractivity contribution is 7.39. The van der Waals surface area contributed by atoms with E-state index < -0.39 is 14.7 Å². The molecule has 0 saturated heterocycles. The fourth-order valence-corrected chi connectivity index (χ4v) is 5.23. The Labute approximate surface area is 216 Å². The Morgan fingerprint density at radius 2 is 0.886 bits per heavy atom. The van der Waals surface area contributed by atoms with Gasteiger partial charge in [0.25, 0.3) is 0 Å². The first-order chi connectivity index (χ1) is 15.5. The summed E-state index contributed by atoms with van der Waals surface area (Å²) in [5, 5.41) is 0. The summed E-state index contributed by atoms with van der Waals surface area (Å²) in [6.45, 7) is 31.0. The maximum absolute atomic E-state index is 10.1. The molecule has 0 aliphatic rings. The Balaban J connectivity index is 3.04. The minimum atomic E-state index is -2.56. The molecule has 0 fully saturated rings. The van der Waals surface area contributed by atoms with Gasteiger partial charge in [-0.3, -0.25) is 4.52 Å². The van der Waals surface area contributed by atoms with Crippen molar-refractivity contribution in [3.05, 3.63) is 68.8 Å². The molecule has 0 spiro atoms. The average Bonchev–Trinajstić information content (AvgIpc) is 2.63. The molecule has 35 heavy (non-hydrogen) atoms. The van der Waals surface area contributed by atoms with Crippen molar-refractivity contribution >= 4 is 8.60 Å². The molecule has 2 N–H and O–H groups in total. The van der Waals surface area contributed by atoms with Gasteiger partial charge in [-0.1, -0.05) is 107 Å². The monoisotopic (exact) mass is 500 g/mol. The molecule has 0 aliphatic carbocycles. The third-order valence-corrected chi connectivity index (χ3v) is 7.41. The summed E-state index contributed by atoms with van der Waals surface area (Å²) in [6, 6.07) is 9.06. The third kappa shape index (κ3) is 6.95. The van der Waals surface area contributed by atoms with Crippen LogP contribution in [0.2, 0.25) is 0 Å². The van der Waals surface area contributed by atoms with E-state index >= 15 is 0 Å². The van der Waals surface area contributed by atoms with E-state index in [1.807, 2.05) is 0 Å². The molecule has 0 atom stereocenters. The van der Waals surface area contributed by atoms with Crippen LogP contribution >= 0.6 is 8.60 Å². The normalized spacial score (nSPS) is 13.8. The van der Waals surface area contributed by atoms with Crippen molar-refractivity contribution in [2.24, 2.45) is 0 Å². The van der Waals surface area contributed by atoms with Crippen molar-refractivity contribution in [1.82, 2.24) is 0 Å². The van der Waals surface area contributed by atoms with Crippen molar-refractivity contribution in [2.45, 2.75) is 125 Å². The van der Waals surface area contributed by atoms with E-state index in [-0.39, 0.29) is 21.7 Å². The number of hydrogen-bond acceptors (Lipinski definition) is 3. The summed E-state index contributed by atoms with van der Waals surface area (Å²) in [5.74, 6) is 0. The molecular weight excluding hydrogens is 451 g/mol. The van der Waals surface area contributed by atoms with E-state index in [2.05, 4.69) is 121 Å². The van der Waals surface area contributed by atoms with Crippen molar-refractivity contribution in [3.63, 3.8) is 0 Å². The Kier molecular flexibility index (Phi) is 8.48. The maximum Gasteiger partial charge on any atom is 0.327 e. The second-order valence-corrected chi connectivity index (χ2v) is 14.9. The highest BCUT2D eigenvalue weighted by atomic mass is 31.2. The van der Waals surface area contributed by atoms with Crippen LogP contribution in [0.5, 0.6) is 0 Å². The molecule has 0 amide bonds. The van der Waals surface area contributed by atoms with Crippen LogP contribution in [-0.2, 0) is 26.2 Å². The van der Waals surface area contributed by atoms with E-state index in [0.29, 0.717) is 0 Å². The minimum absolute atomic E-state index is 0.0605. The fraction of sp³-hybridized carbons (Fsp3) is 0.613. The van der Waals surface area contributed by atoms with Gasteiger partial charge in [0.1, 0.15) is 6.10 Å². The van der Waals surface area contributed by atoms with Gasteiger partial charge in [-0.15, -0.1) is 0 Å². The molecule has 4 heteroatoms. The Bertz CT molecular complexity index is 974. The van der Waals surface area contributed by atoms with E-state index in [4.69, 9.17) is 4.52 Å². The number of benzene rings is 2. The Hall–Kier alpha value is -1.25. The molecule has 2 aromatic rings. The number of hydrogen-bond donors (Lipinski definition) is 2. The van der Waals surface area contributed by atoms with Gasteiger partial charge in [0, 0.05) is 0 Å². The zero-order valence-electron chi connectivity index (χ0n) is 24.6. The molecule has 0 heterocycles. The topological polar surface area (TPSA) is 49.7 Å². The van der Waals surface area contributed by atoms with Gasteiger partial charge in [0.2, 0.25) is 0 Å². The van der Waals surface area contributed by atoms with Gasteiger partial charge in [-0.05, 0) is 80.0 Å². The van der Waals surface area contributed by atoms with Crippen molar-refractivity contribution < 1.29 is 14.3 Å². The van der Waals surface area contributed by atoms with Gasteiger partial charge in [0.05, 0.1) is 0 Å². The van der Waals surface area contributed by atoms with Crippen LogP contribution in [0, 0.1) is 13.8 Å². The second kappa shape index (κ2) is 9.90. The summed E-state index contributed by atoms with van der Waals surface area (Å²) in [4.78, 5) is 20.3. The molecule has 0 bridgehead atoms. The predicted octanol–water partition coefficient (Wildman–Crippen LogP) is 8.81. The molecule has 0 unspecified atom stereocenters. The lowest BCUT2D eigenvalue weighted by Gasteiger charge is -2.34. The van der Waals surface area contributed by atoms with E-state index in [0.717, 1.165) is 22.3 Å². The molecule has 3 nitrogen and oxygen atoms in total. The van der Waals surface area contributed by atoms with E-state index in [1.165, 1.54) is 22.3 Å². The standard InChI is InChI=1S/C31H49O3P/c1-19-23(15-21(28(3,4)5)17-25(19)30(9,10)11)27(34-35(32)33)24-16-22(29(6,7)8)18-26(20(24)2)31(12,13)14/h15-18,27,32-33H,1-14H3. The van der Waals surface area contributed by atoms with E-state index in [9.17, 15) is 9.79 Å². The van der Waals surface area contributed by atoms with Gasteiger partial charge in [-0.25, -0.2) is 0 Å². The zero-order chi connectivity index (χ0) is 27.3. The van der Waals surface area contributed by atoms with Crippen LogP contribution in [0.25, 0.3) is 0 Å². The van der Waals surface area contributed by atoms with Crippen LogP contribution < -0.4 is 0 Å². The van der Waals surface area contributed by atoms with Crippen LogP contribution in [0.4, 0.5) is 0 Å². The third-order valence-electron chi connectivity index (χ3n) is 7.01. The Morgan fingerprint density at radius 3 is 1.11 bits per heavy atom. The van der Waals surface area contributed by atoms with Crippen LogP contribution in [-0.4, -0.2) is 9.79 Å². The predicted molar refractivity (Wildman–Crippen MR) is 151 cm³/mol. The lowest BCUT2D eigenvalue weighted by atomic mass is 9.74. The van der Waals surface area contributed by atoms with Crippen LogP contribution in [0.1, 0.15) is 134 Å². The molecule has 0 saturated carbocycles. The van der Waals surface area contributed by atoms with E-state index in [1.54, 1.807) is 0 Å². The van der Waals surface area contributed by atoms with Gasteiger partial charge in [0.15, 0.2) is 0 Å². The van der Waals surface area contributed by atoms with Gasteiger partial charge >= 0.3 is 8.60 Å². The second-order valence-electron chi connectivity index (χ2n) is 14.2. The quantitative estimate of drug-likeness (QED) is 0.412. The fourth-order valence-electron chi connectivity index (χ4n) is 4.82. The van der Waals surface area contributed by atoms with Gasteiger partial charge < -0.3 is 9.79 Å². The average molecular weight is 501 g/mol. The first kappa shape index (κ1) is 30.0. The first-order valence-corrected chi connectivity index (χ1v) is 13.9. The summed E-state index contributed by atoms with van der Waals surface area (Å²) in [5.41, 5.74) is 9.01. The lowest BCUT2D eigenvalue weighted by molar-refractivity contribution is 0.202. The van der Waals surface area contributed by atoms with Crippen LogP contribution in [0.15, 0.2) is 24.3 Å². The van der Waals surface area contributed by atoms with Crippen molar-refractivity contribution in [2.75, 3.05) is 0 Å². The zero-order valence-corrected chi connectivity index (χ0v) is 25.5. The highest BCUT2D eigenvalue weighted by Crippen LogP contribution is 2.46. The molecule has 0 aliphatic heterocycles. The SMILES string of the molecule is Cc1c(C(OP(O)O)c2cc(C(C)(C)C)cc(C(C)(C)C)c2C)cc(C(C)(C)C)cc1C(C)(C)C. The summed E-state index contributed by atoms with van der Waals surface area (Å²) in [7, 11) is -2.56. The van der Waals surface area contributed by atoms with Crippen molar-refractivity contribution in [1.29, 1.82) is 0 Å². The Morgan fingerprint density at radius 1 is 0.571 bits per heavy atom. The summed E-state index contributed by atoms with van der Waals surface area (Å²) in [6.07, 6.45) is -0.581. The van der Waals surface area contributed by atoms with Gasteiger partial charge in [-0.2, -0.15) is 0 Å². The molecule has 0 radical (unpaired) electrons. The molecule has 196 valence electrons. The summed E-state index contributed by atoms with van der Waals surface area (Å²) < 4.78 is 6.03. The minimum Gasteiger partial charge on any atom is -0.328 e. The summed E-state index contributed by atoms with van der Waals surface area (Å²) >= 11 is 0. The smallest absolute Gasteiger partial charge is 0.327 e. The molecule has 0 aromatic heterocycles. The molecule has 2 aromatic carbocycles. The van der Waals surface area contributed by atoms with Crippen LogP contribution in [0.3, 0.4) is 0 Å². The first-order valence-electron chi connectivity index (χ1n) is 12.7. The maximum atomic E-state index is 10.1. The highest BCUT2D eigenvalue weighted by Gasteiger charge is 2.32. The molecule has 2 rings (SSSR count). The van der Waals surface area contributed by atoms with Crippen molar-refractivity contribution in [3.8, 4) is 0 Å². The lowest BCUT2D eigenvalue weighted by Crippen LogP contribution is -2.22.